The molecule has 40 heavy (non-hydrogen) atoms. The van der Waals surface area contributed by atoms with Crippen molar-refractivity contribution in [3.05, 3.63) is 73.2 Å². The molecule has 1 aliphatic carbocycles. The topological polar surface area (TPSA) is 121 Å². The van der Waals surface area contributed by atoms with Crippen molar-refractivity contribution in [1.29, 1.82) is 0 Å². The molecule has 0 aliphatic heterocycles. The Morgan fingerprint density at radius 1 is 0.950 bits per heavy atom. The number of anilines is 1. The first-order chi connectivity index (χ1) is 19.6. The number of halogens is 1. The fraction of sp³-hybridized carbons (Fsp3) is 0.167. The van der Waals surface area contributed by atoms with E-state index >= 15 is 0 Å². The van der Waals surface area contributed by atoms with Gasteiger partial charge >= 0.3 is 0 Å². The van der Waals surface area contributed by atoms with Crippen LogP contribution in [0.5, 0.6) is 5.75 Å². The highest BCUT2D eigenvalue weighted by Crippen LogP contribution is 2.36. The van der Waals surface area contributed by atoms with E-state index in [4.69, 9.17) is 4.74 Å². The SMILES string of the molecule is COc1cc(F)cc(-c2cncc3[nH]c(-c4n[nH]c5ncc(-c6cncc(NC(=O)C7CCC7)c6)cc45)cc23)c1. The van der Waals surface area contributed by atoms with E-state index in [1.165, 1.54) is 19.2 Å². The van der Waals surface area contributed by atoms with Crippen molar-refractivity contribution in [3.8, 4) is 39.4 Å². The van der Waals surface area contributed by atoms with E-state index in [2.05, 4.69) is 35.5 Å². The van der Waals surface area contributed by atoms with E-state index in [0.29, 0.717) is 28.3 Å². The lowest BCUT2D eigenvalue weighted by molar-refractivity contribution is -0.122. The molecule has 1 fully saturated rings. The molecule has 5 heterocycles. The van der Waals surface area contributed by atoms with Gasteiger partial charge in [-0.3, -0.25) is 19.9 Å². The molecular formula is C30H24FN7O2. The second-order valence-electron chi connectivity index (χ2n) is 9.98. The summed E-state index contributed by atoms with van der Waals surface area (Å²) in [4.78, 5) is 29.1. The number of nitrogens with one attached hydrogen (secondary N) is 3. The molecule has 0 saturated heterocycles. The largest absolute Gasteiger partial charge is 0.497 e. The van der Waals surface area contributed by atoms with Gasteiger partial charge in [-0.1, -0.05) is 6.42 Å². The second kappa shape index (κ2) is 9.57. The van der Waals surface area contributed by atoms with Gasteiger partial charge in [0.25, 0.3) is 0 Å². The Balaban J connectivity index is 1.26. The molecule has 5 aromatic heterocycles. The van der Waals surface area contributed by atoms with Gasteiger partial charge in [0.2, 0.25) is 5.91 Å². The maximum absolute atomic E-state index is 14.3. The van der Waals surface area contributed by atoms with Crippen molar-refractivity contribution in [1.82, 2.24) is 30.1 Å². The summed E-state index contributed by atoms with van der Waals surface area (Å²) < 4.78 is 19.5. The maximum Gasteiger partial charge on any atom is 0.227 e. The van der Waals surface area contributed by atoms with Crippen LogP contribution in [0.25, 0.3) is 55.6 Å². The van der Waals surface area contributed by atoms with Crippen LogP contribution < -0.4 is 10.1 Å². The first kappa shape index (κ1) is 24.0. The van der Waals surface area contributed by atoms with Crippen LogP contribution in [0.4, 0.5) is 10.1 Å². The van der Waals surface area contributed by atoms with Gasteiger partial charge in [-0.2, -0.15) is 5.10 Å². The normalized spacial score (nSPS) is 13.4. The van der Waals surface area contributed by atoms with Gasteiger partial charge in [0, 0.05) is 58.0 Å². The zero-order valence-electron chi connectivity index (χ0n) is 21.5. The Labute approximate surface area is 227 Å². The van der Waals surface area contributed by atoms with Crippen LogP contribution >= 0.6 is 0 Å². The Hall–Kier alpha value is -5.12. The summed E-state index contributed by atoms with van der Waals surface area (Å²) in [6.07, 6.45) is 11.6. The zero-order chi connectivity index (χ0) is 27.2. The number of nitrogens with zero attached hydrogens (tertiary/aromatic N) is 4. The molecule has 0 spiro atoms. The number of carbonyl (C=O) groups excluding carboxylic acids is 1. The third-order valence-electron chi connectivity index (χ3n) is 7.45. The summed E-state index contributed by atoms with van der Waals surface area (Å²) >= 11 is 0. The van der Waals surface area contributed by atoms with Crippen molar-refractivity contribution in [2.24, 2.45) is 5.92 Å². The Morgan fingerprint density at radius 2 is 1.80 bits per heavy atom. The van der Waals surface area contributed by atoms with Crippen LogP contribution in [0.3, 0.4) is 0 Å². The van der Waals surface area contributed by atoms with Crippen molar-refractivity contribution >= 4 is 33.5 Å². The van der Waals surface area contributed by atoms with Gasteiger partial charge in [0.15, 0.2) is 5.65 Å². The first-order valence-corrected chi connectivity index (χ1v) is 13.0. The highest BCUT2D eigenvalue weighted by atomic mass is 19.1. The number of benzene rings is 1. The van der Waals surface area contributed by atoms with Crippen molar-refractivity contribution < 1.29 is 13.9 Å². The minimum Gasteiger partial charge on any atom is -0.497 e. The highest BCUT2D eigenvalue weighted by molar-refractivity contribution is 6.01. The lowest BCUT2D eigenvalue weighted by Crippen LogP contribution is -2.28. The number of pyridine rings is 3. The average molecular weight is 534 g/mol. The molecule has 3 N–H and O–H groups in total. The molecule has 0 radical (unpaired) electrons. The summed E-state index contributed by atoms with van der Waals surface area (Å²) in [5.41, 5.74) is 6.62. The van der Waals surface area contributed by atoms with E-state index in [9.17, 15) is 9.18 Å². The number of fused-ring (bicyclic) bond motifs is 2. The van der Waals surface area contributed by atoms with Gasteiger partial charge in [0.1, 0.15) is 17.3 Å². The van der Waals surface area contributed by atoms with Gasteiger partial charge in [-0.25, -0.2) is 9.37 Å². The molecule has 1 aromatic carbocycles. The monoisotopic (exact) mass is 533 g/mol. The molecule has 0 unspecified atom stereocenters. The van der Waals surface area contributed by atoms with E-state index < -0.39 is 0 Å². The Morgan fingerprint density at radius 3 is 2.62 bits per heavy atom. The number of methoxy groups -OCH3 is 1. The molecule has 9 nitrogen and oxygen atoms in total. The quantitative estimate of drug-likeness (QED) is 0.237. The van der Waals surface area contributed by atoms with Gasteiger partial charge < -0.3 is 15.0 Å². The predicted molar refractivity (Wildman–Crippen MR) is 150 cm³/mol. The van der Waals surface area contributed by atoms with Crippen LogP contribution in [0.15, 0.2) is 67.4 Å². The molecule has 198 valence electrons. The minimum absolute atomic E-state index is 0.0419. The van der Waals surface area contributed by atoms with Gasteiger partial charge in [-0.15, -0.1) is 0 Å². The molecule has 6 aromatic rings. The van der Waals surface area contributed by atoms with Crippen LogP contribution in [0, 0.1) is 11.7 Å². The molecule has 1 amide bonds. The summed E-state index contributed by atoms with van der Waals surface area (Å²) in [7, 11) is 1.51. The smallest absolute Gasteiger partial charge is 0.227 e. The van der Waals surface area contributed by atoms with Crippen LogP contribution in [-0.4, -0.2) is 43.2 Å². The number of rotatable bonds is 6. The molecule has 7 rings (SSSR count). The Kier molecular flexibility index (Phi) is 5.73. The number of amides is 1. The summed E-state index contributed by atoms with van der Waals surface area (Å²) in [5, 5.41) is 12.2. The number of aromatic amines is 2. The summed E-state index contributed by atoms with van der Waals surface area (Å²) in [5.74, 6) is 0.173. The lowest BCUT2D eigenvalue weighted by atomic mass is 9.85. The molecular weight excluding hydrogens is 509 g/mol. The Bertz CT molecular complexity index is 1910. The molecule has 0 atom stereocenters. The third-order valence-corrected chi connectivity index (χ3v) is 7.45. The van der Waals surface area contributed by atoms with Crippen LogP contribution in [-0.2, 0) is 4.79 Å². The van der Waals surface area contributed by atoms with E-state index in [0.717, 1.165) is 57.9 Å². The fourth-order valence-electron chi connectivity index (χ4n) is 5.09. The molecule has 10 heteroatoms. The van der Waals surface area contributed by atoms with Gasteiger partial charge in [0.05, 0.1) is 36.4 Å². The minimum atomic E-state index is -0.389. The van der Waals surface area contributed by atoms with Gasteiger partial charge in [-0.05, 0) is 48.7 Å². The number of hydrogen-bond donors (Lipinski definition) is 3. The number of aromatic nitrogens is 6. The van der Waals surface area contributed by atoms with E-state index in [1.54, 1.807) is 37.1 Å². The average Bonchev–Trinajstić information content (AvgIpc) is 3.55. The van der Waals surface area contributed by atoms with Crippen molar-refractivity contribution in [3.63, 3.8) is 0 Å². The third kappa shape index (κ3) is 4.23. The second-order valence-corrected chi connectivity index (χ2v) is 9.98. The summed E-state index contributed by atoms with van der Waals surface area (Å²) in [6, 6.07) is 10.5. The zero-order valence-corrected chi connectivity index (χ0v) is 21.5. The highest BCUT2D eigenvalue weighted by Gasteiger charge is 2.25. The molecule has 0 bridgehead atoms. The maximum atomic E-state index is 14.3. The number of carbonyl (C=O) groups is 1. The first-order valence-electron chi connectivity index (χ1n) is 13.0. The number of ether oxygens (including phenoxy) is 1. The standard InChI is InChI=1S/C30H24FN7O2/c1-40-22-7-17(5-20(31)9-22)25-14-33-15-27-23(25)10-26(36-27)28-24-8-19(12-34-29(24)38-37-28)18-6-21(13-32-11-18)35-30(39)16-3-2-4-16/h5-16,36H,2-4H2,1H3,(H,35,39)(H,34,37,38). The lowest BCUT2D eigenvalue weighted by Gasteiger charge is -2.24. The van der Waals surface area contributed by atoms with Crippen molar-refractivity contribution in [2.75, 3.05) is 12.4 Å². The fourth-order valence-corrected chi connectivity index (χ4v) is 5.09. The van der Waals surface area contributed by atoms with Crippen LogP contribution in [0.2, 0.25) is 0 Å². The molecule has 1 aliphatic rings. The summed E-state index contributed by atoms with van der Waals surface area (Å²) in [6.45, 7) is 0. The van der Waals surface area contributed by atoms with Crippen LogP contribution in [0.1, 0.15) is 19.3 Å². The van der Waals surface area contributed by atoms with E-state index in [-0.39, 0.29) is 17.6 Å². The van der Waals surface area contributed by atoms with E-state index in [1.807, 2.05) is 18.2 Å². The predicted octanol–water partition coefficient (Wildman–Crippen LogP) is 6.12. The molecule has 1 saturated carbocycles. The number of hydrogen-bond acceptors (Lipinski definition) is 6. The number of H-pyrrole nitrogens is 2. The van der Waals surface area contributed by atoms with Crippen molar-refractivity contribution in [2.45, 2.75) is 19.3 Å².